The largest absolute Gasteiger partial charge is 0.296 e. The molecule has 0 atom stereocenters. The topological polar surface area (TPSA) is 73.1 Å². The molecule has 1 heterocycles. The Morgan fingerprint density at radius 2 is 1.80 bits per heavy atom. The van der Waals surface area contributed by atoms with Crippen molar-refractivity contribution in [2.45, 2.75) is 13.8 Å². The average Bonchev–Trinajstić information content (AvgIpc) is 2.64. The Balaban J connectivity index is 2.62. The van der Waals surface area contributed by atoms with Gasteiger partial charge in [0.15, 0.2) is 0 Å². The van der Waals surface area contributed by atoms with E-state index in [4.69, 9.17) is 0 Å². The van der Waals surface area contributed by atoms with Crippen molar-refractivity contribution < 1.29 is 8.42 Å². The van der Waals surface area contributed by atoms with Gasteiger partial charge in [0, 0.05) is 7.05 Å². The van der Waals surface area contributed by atoms with Crippen LogP contribution in [0.4, 0.5) is 5.69 Å². The van der Waals surface area contributed by atoms with Crippen LogP contribution >= 0.6 is 0 Å². The third-order valence-electron chi connectivity index (χ3n) is 3.19. The minimum atomic E-state index is -3.48. The van der Waals surface area contributed by atoms with Gasteiger partial charge in [0.1, 0.15) is 5.69 Å². The van der Waals surface area contributed by atoms with Gasteiger partial charge in [-0.3, -0.25) is 14.2 Å². The summed E-state index contributed by atoms with van der Waals surface area (Å²) in [6.07, 6.45) is 0. The maximum atomic E-state index is 12.4. The second kappa shape index (κ2) is 5.16. The first-order valence-electron chi connectivity index (χ1n) is 6.22. The molecule has 7 heteroatoms. The van der Waals surface area contributed by atoms with Gasteiger partial charge in [-0.25, -0.2) is 13.1 Å². The quantitative estimate of drug-likeness (QED) is 0.922. The van der Waals surface area contributed by atoms with Crippen LogP contribution in [0.15, 0.2) is 35.1 Å². The molecule has 0 amide bonds. The number of benzene rings is 1. The molecule has 0 aliphatic heterocycles. The average molecular weight is 295 g/mol. The van der Waals surface area contributed by atoms with Crippen molar-refractivity contribution in [3.63, 3.8) is 0 Å². The molecule has 20 heavy (non-hydrogen) atoms. The van der Waals surface area contributed by atoms with Crippen molar-refractivity contribution in [2.75, 3.05) is 10.5 Å². The number of hydrogen-bond donors (Lipinski definition) is 1. The molecule has 6 nitrogen and oxygen atoms in total. The highest BCUT2D eigenvalue weighted by Gasteiger charge is 2.19. The SMILES string of the molecule is CCS(=O)(=O)Nc1c(C)n(C)n(-c2ccccc2)c1=O. The molecule has 1 aromatic carbocycles. The van der Waals surface area contributed by atoms with Crippen LogP contribution < -0.4 is 10.3 Å². The lowest BCUT2D eigenvalue weighted by atomic mass is 10.3. The molecule has 0 aliphatic carbocycles. The van der Waals surface area contributed by atoms with E-state index >= 15 is 0 Å². The smallest absolute Gasteiger partial charge is 0.283 e. The van der Waals surface area contributed by atoms with E-state index in [1.165, 1.54) is 11.6 Å². The molecule has 1 aromatic heterocycles. The van der Waals surface area contributed by atoms with Gasteiger partial charge < -0.3 is 0 Å². The molecule has 108 valence electrons. The molecule has 1 N–H and O–H groups in total. The summed E-state index contributed by atoms with van der Waals surface area (Å²) in [5, 5.41) is 0. The Bertz CT molecular complexity index is 773. The summed E-state index contributed by atoms with van der Waals surface area (Å²) in [6.45, 7) is 3.23. The molecular weight excluding hydrogens is 278 g/mol. The van der Waals surface area contributed by atoms with Gasteiger partial charge in [-0.1, -0.05) is 18.2 Å². The normalized spacial score (nSPS) is 11.6. The number of rotatable bonds is 4. The van der Waals surface area contributed by atoms with E-state index in [9.17, 15) is 13.2 Å². The van der Waals surface area contributed by atoms with Crippen LogP contribution in [0, 0.1) is 6.92 Å². The fourth-order valence-electron chi connectivity index (χ4n) is 1.91. The van der Waals surface area contributed by atoms with Gasteiger partial charge in [0.25, 0.3) is 5.56 Å². The third-order valence-corrected chi connectivity index (χ3v) is 4.47. The van der Waals surface area contributed by atoms with Crippen LogP contribution in [0.5, 0.6) is 0 Å². The van der Waals surface area contributed by atoms with E-state index in [1.54, 1.807) is 30.8 Å². The van der Waals surface area contributed by atoms with Gasteiger partial charge in [-0.15, -0.1) is 0 Å². The minimum Gasteiger partial charge on any atom is -0.283 e. The number of nitrogens with one attached hydrogen (secondary N) is 1. The Labute approximate surface area is 117 Å². The van der Waals surface area contributed by atoms with E-state index in [2.05, 4.69) is 4.72 Å². The summed E-state index contributed by atoms with van der Waals surface area (Å²) in [5.41, 5.74) is 0.965. The van der Waals surface area contributed by atoms with Crippen molar-refractivity contribution in [1.82, 2.24) is 9.36 Å². The number of para-hydroxylation sites is 1. The lowest BCUT2D eigenvalue weighted by molar-refractivity contribution is 0.602. The molecule has 2 aromatic rings. The van der Waals surface area contributed by atoms with E-state index in [-0.39, 0.29) is 17.0 Å². The second-order valence-electron chi connectivity index (χ2n) is 4.44. The summed E-state index contributed by atoms with van der Waals surface area (Å²) in [6, 6.07) is 9.07. The highest BCUT2D eigenvalue weighted by Crippen LogP contribution is 2.15. The second-order valence-corrected chi connectivity index (χ2v) is 6.45. The van der Waals surface area contributed by atoms with Crippen LogP contribution in [0.1, 0.15) is 12.6 Å². The monoisotopic (exact) mass is 295 g/mol. The fraction of sp³-hybridized carbons (Fsp3) is 0.308. The first-order valence-corrected chi connectivity index (χ1v) is 7.87. The highest BCUT2D eigenvalue weighted by molar-refractivity contribution is 7.92. The first kappa shape index (κ1) is 14.4. The third kappa shape index (κ3) is 2.49. The number of aromatic nitrogens is 2. The number of hydrogen-bond acceptors (Lipinski definition) is 3. The summed E-state index contributed by atoms with van der Waals surface area (Å²) in [7, 11) is -1.76. The molecule has 0 bridgehead atoms. The van der Waals surface area contributed by atoms with Gasteiger partial charge >= 0.3 is 0 Å². The van der Waals surface area contributed by atoms with E-state index < -0.39 is 10.0 Å². The van der Waals surface area contributed by atoms with Gasteiger partial charge in [0.05, 0.1) is 17.1 Å². The first-order chi connectivity index (χ1) is 9.37. The van der Waals surface area contributed by atoms with Crippen molar-refractivity contribution in [1.29, 1.82) is 0 Å². The maximum Gasteiger partial charge on any atom is 0.296 e. The van der Waals surface area contributed by atoms with Gasteiger partial charge in [-0.2, -0.15) is 0 Å². The zero-order chi connectivity index (χ0) is 14.9. The Kier molecular flexibility index (Phi) is 3.71. The van der Waals surface area contributed by atoms with Crippen LogP contribution in [0.25, 0.3) is 5.69 Å². The predicted molar refractivity (Wildman–Crippen MR) is 78.8 cm³/mol. The molecule has 0 radical (unpaired) electrons. The summed E-state index contributed by atoms with van der Waals surface area (Å²) in [4.78, 5) is 12.4. The molecule has 0 unspecified atom stereocenters. The lowest BCUT2D eigenvalue weighted by Gasteiger charge is -2.07. The van der Waals surface area contributed by atoms with Crippen LogP contribution in [-0.2, 0) is 17.1 Å². The Morgan fingerprint density at radius 1 is 1.20 bits per heavy atom. The highest BCUT2D eigenvalue weighted by atomic mass is 32.2. The van der Waals surface area contributed by atoms with E-state index in [0.717, 1.165) is 0 Å². The summed E-state index contributed by atoms with van der Waals surface area (Å²) < 4.78 is 28.7. The van der Waals surface area contributed by atoms with Crippen molar-refractivity contribution >= 4 is 15.7 Å². The van der Waals surface area contributed by atoms with Crippen LogP contribution in [0.3, 0.4) is 0 Å². The Morgan fingerprint density at radius 3 is 2.35 bits per heavy atom. The molecule has 0 saturated heterocycles. The van der Waals surface area contributed by atoms with Crippen molar-refractivity contribution in [3.05, 3.63) is 46.4 Å². The zero-order valence-corrected chi connectivity index (χ0v) is 12.4. The van der Waals surface area contributed by atoms with Crippen molar-refractivity contribution in [3.8, 4) is 5.69 Å². The molecular formula is C13H17N3O3S. The summed E-state index contributed by atoms with van der Waals surface area (Å²) in [5.74, 6) is -0.0773. The Hall–Kier alpha value is -2.02. The number of nitrogens with zero attached hydrogens (tertiary/aromatic N) is 2. The van der Waals surface area contributed by atoms with E-state index in [0.29, 0.717) is 11.4 Å². The van der Waals surface area contributed by atoms with Gasteiger partial charge in [-0.05, 0) is 26.0 Å². The fourth-order valence-corrected chi connectivity index (χ4v) is 2.60. The molecule has 0 aliphatic rings. The van der Waals surface area contributed by atoms with Crippen LogP contribution in [0.2, 0.25) is 0 Å². The number of anilines is 1. The number of sulfonamides is 1. The lowest BCUT2D eigenvalue weighted by Crippen LogP contribution is -2.23. The molecule has 2 rings (SSSR count). The standard InChI is InChI=1S/C13H17N3O3S/c1-4-20(18,19)14-12-10(2)15(3)16(13(12)17)11-8-6-5-7-9-11/h5-9,14H,4H2,1-3H3. The zero-order valence-electron chi connectivity index (χ0n) is 11.6. The van der Waals surface area contributed by atoms with Gasteiger partial charge in [0.2, 0.25) is 10.0 Å². The predicted octanol–water partition coefficient (Wildman–Crippen LogP) is 1.25. The summed E-state index contributed by atoms with van der Waals surface area (Å²) >= 11 is 0. The minimum absolute atomic E-state index is 0.0773. The maximum absolute atomic E-state index is 12.4. The molecule has 0 fully saturated rings. The van der Waals surface area contributed by atoms with Crippen molar-refractivity contribution in [2.24, 2.45) is 7.05 Å². The molecule has 0 saturated carbocycles. The van der Waals surface area contributed by atoms with E-state index in [1.807, 2.05) is 18.2 Å². The van der Waals surface area contributed by atoms with Crippen LogP contribution in [-0.4, -0.2) is 23.5 Å². The molecule has 0 spiro atoms.